The molecule has 22 heavy (non-hydrogen) atoms. The zero-order valence-electron chi connectivity index (χ0n) is 11.8. The zero-order valence-corrected chi connectivity index (χ0v) is 14.8. The summed E-state index contributed by atoms with van der Waals surface area (Å²) in [4.78, 5) is 27.6. The Morgan fingerprint density at radius 1 is 1.27 bits per heavy atom. The highest BCUT2D eigenvalue weighted by Gasteiger charge is 2.21. The number of amides is 2. The number of carbonyl (C=O) groups excluding carboxylic acids is 2. The molecular weight excluding hydrogens is 411 g/mol. The number of thiophene rings is 1. The van der Waals surface area contributed by atoms with E-state index in [-0.39, 0.29) is 18.4 Å². The Hall–Kier alpha value is -1.41. The molecule has 0 atom stereocenters. The summed E-state index contributed by atoms with van der Waals surface area (Å²) in [7, 11) is 0. The van der Waals surface area contributed by atoms with Crippen LogP contribution in [0, 0.1) is 3.57 Å². The van der Waals surface area contributed by atoms with Gasteiger partial charge in [-0.2, -0.15) is 0 Å². The molecule has 1 N–H and O–H groups in total. The highest BCUT2D eigenvalue weighted by Crippen LogP contribution is 2.23. The van der Waals surface area contributed by atoms with Crippen molar-refractivity contribution in [1.29, 1.82) is 0 Å². The third kappa shape index (κ3) is 3.33. The topological polar surface area (TPSA) is 49.4 Å². The van der Waals surface area contributed by atoms with Gasteiger partial charge >= 0.3 is 0 Å². The number of nitrogens with zero attached hydrogens (tertiary/aromatic N) is 1. The molecule has 4 nitrogen and oxygen atoms in total. The Labute approximate surface area is 146 Å². The second-order valence-electron chi connectivity index (χ2n) is 5.10. The second kappa shape index (κ2) is 6.78. The van der Waals surface area contributed by atoms with E-state index in [4.69, 9.17) is 0 Å². The van der Waals surface area contributed by atoms with Gasteiger partial charge in [-0.15, -0.1) is 11.3 Å². The van der Waals surface area contributed by atoms with Crippen LogP contribution in [0.15, 0.2) is 35.7 Å². The molecule has 2 amide bonds. The lowest BCUT2D eigenvalue weighted by molar-refractivity contribution is -0.131. The quantitative estimate of drug-likeness (QED) is 0.768. The fourth-order valence-corrected chi connectivity index (χ4v) is 3.99. The fourth-order valence-electron chi connectivity index (χ4n) is 2.47. The largest absolute Gasteiger partial charge is 0.343 e. The van der Waals surface area contributed by atoms with Crippen molar-refractivity contribution in [2.75, 3.05) is 13.1 Å². The number of rotatable bonds is 3. The third-order valence-electron chi connectivity index (χ3n) is 3.68. The maximum atomic E-state index is 12.3. The molecule has 0 radical (unpaired) electrons. The minimum Gasteiger partial charge on any atom is -0.343 e. The minimum atomic E-state index is -0.202. The van der Waals surface area contributed by atoms with Crippen LogP contribution in [0.3, 0.4) is 0 Å². The van der Waals surface area contributed by atoms with Crippen molar-refractivity contribution in [1.82, 2.24) is 10.2 Å². The van der Waals surface area contributed by atoms with E-state index in [0.29, 0.717) is 12.1 Å². The summed E-state index contributed by atoms with van der Waals surface area (Å²) in [6.45, 7) is 1.42. The van der Waals surface area contributed by atoms with Gasteiger partial charge in [0.15, 0.2) is 0 Å². The first-order valence-electron chi connectivity index (χ1n) is 7.01. The van der Waals surface area contributed by atoms with Crippen LogP contribution in [0.5, 0.6) is 0 Å². The lowest BCUT2D eigenvalue weighted by Gasteiger charge is -2.27. The van der Waals surface area contributed by atoms with Gasteiger partial charge in [-0.05, 0) is 58.2 Å². The Bertz CT molecular complexity index is 714. The number of nitrogens with one attached hydrogen (secondary N) is 1. The molecule has 0 saturated carbocycles. The molecule has 1 aliphatic heterocycles. The van der Waals surface area contributed by atoms with Crippen LogP contribution < -0.4 is 5.32 Å². The number of carbonyl (C=O) groups is 2. The van der Waals surface area contributed by atoms with Crippen molar-refractivity contribution in [3.8, 4) is 0 Å². The molecule has 2 aromatic rings. The van der Waals surface area contributed by atoms with Crippen molar-refractivity contribution in [2.24, 2.45) is 0 Å². The van der Waals surface area contributed by atoms with Gasteiger partial charge in [0, 0.05) is 21.5 Å². The highest BCUT2D eigenvalue weighted by molar-refractivity contribution is 14.1. The van der Waals surface area contributed by atoms with E-state index in [1.54, 1.807) is 17.4 Å². The molecule has 114 valence electrons. The first-order valence-corrected chi connectivity index (χ1v) is 8.97. The summed E-state index contributed by atoms with van der Waals surface area (Å²) in [5.41, 5.74) is 1.84. The Balaban J connectivity index is 1.57. The van der Waals surface area contributed by atoms with Gasteiger partial charge in [-0.1, -0.05) is 12.1 Å². The zero-order chi connectivity index (χ0) is 15.5. The molecule has 2 heterocycles. The van der Waals surface area contributed by atoms with Gasteiger partial charge in [0.2, 0.25) is 5.91 Å². The van der Waals surface area contributed by atoms with Crippen LogP contribution in [0.1, 0.15) is 20.8 Å². The third-order valence-corrected chi connectivity index (χ3v) is 5.64. The van der Waals surface area contributed by atoms with Crippen LogP contribution in [0.2, 0.25) is 0 Å². The van der Waals surface area contributed by atoms with Gasteiger partial charge in [0.05, 0.1) is 12.1 Å². The van der Waals surface area contributed by atoms with Crippen LogP contribution in [0.25, 0.3) is 0 Å². The van der Waals surface area contributed by atoms with Crippen molar-refractivity contribution in [3.05, 3.63) is 55.3 Å². The van der Waals surface area contributed by atoms with Crippen LogP contribution in [-0.2, 0) is 17.8 Å². The van der Waals surface area contributed by atoms with Crippen LogP contribution >= 0.6 is 33.9 Å². The summed E-state index contributed by atoms with van der Waals surface area (Å²) in [6, 6.07) is 9.42. The molecule has 0 unspecified atom stereocenters. The van der Waals surface area contributed by atoms with Crippen LogP contribution in [0.4, 0.5) is 0 Å². The Kier molecular flexibility index (Phi) is 4.77. The molecule has 1 aromatic carbocycles. The van der Waals surface area contributed by atoms with E-state index in [0.717, 1.165) is 16.5 Å². The number of halogens is 1. The first kappa shape index (κ1) is 15.5. The maximum absolute atomic E-state index is 12.3. The first-order chi connectivity index (χ1) is 10.6. The van der Waals surface area contributed by atoms with E-state index in [2.05, 4.69) is 39.4 Å². The molecule has 1 aliphatic rings. The van der Waals surface area contributed by atoms with Crippen molar-refractivity contribution >= 4 is 45.7 Å². The number of benzene rings is 1. The molecule has 0 aliphatic carbocycles. The van der Waals surface area contributed by atoms with E-state index in [1.165, 1.54) is 10.4 Å². The van der Waals surface area contributed by atoms with Crippen LogP contribution in [-0.4, -0.2) is 29.8 Å². The summed E-state index contributed by atoms with van der Waals surface area (Å²) >= 11 is 3.87. The van der Waals surface area contributed by atoms with Crippen molar-refractivity contribution in [2.45, 2.75) is 13.0 Å². The van der Waals surface area contributed by atoms with Crippen molar-refractivity contribution in [3.63, 3.8) is 0 Å². The van der Waals surface area contributed by atoms with Crippen molar-refractivity contribution < 1.29 is 9.59 Å². The fraction of sp³-hybridized carbons (Fsp3) is 0.250. The number of hydrogen-bond donors (Lipinski definition) is 1. The monoisotopic (exact) mass is 426 g/mol. The SMILES string of the molecule is O=C(NCC(=O)N1CCc2sccc2C1)c1ccccc1I. The second-order valence-corrected chi connectivity index (χ2v) is 7.26. The molecule has 0 bridgehead atoms. The average Bonchev–Trinajstić information content (AvgIpc) is 3.00. The lowest BCUT2D eigenvalue weighted by atomic mass is 10.1. The molecule has 0 saturated heterocycles. The molecule has 3 rings (SSSR count). The maximum Gasteiger partial charge on any atom is 0.252 e. The predicted molar refractivity (Wildman–Crippen MR) is 94.9 cm³/mol. The predicted octanol–water partition coefficient (Wildman–Crippen LogP) is 2.67. The van der Waals surface area contributed by atoms with E-state index in [1.807, 2.05) is 23.1 Å². The minimum absolute atomic E-state index is 0.0314. The summed E-state index contributed by atoms with van der Waals surface area (Å²) in [5, 5.41) is 4.79. The van der Waals surface area contributed by atoms with E-state index in [9.17, 15) is 9.59 Å². The lowest BCUT2D eigenvalue weighted by Crippen LogP contribution is -2.42. The van der Waals surface area contributed by atoms with Gasteiger partial charge < -0.3 is 10.2 Å². The molecule has 6 heteroatoms. The number of fused-ring (bicyclic) bond motifs is 1. The van der Waals surface area contributed by atoms with E-state index < -0.39 is 0 Å². The number of hydrogen-bond acceptors (Lipinski definition) is 3. The molecule has 0 fully saturated rings. The highest BCUT2D eigenvalue weighted by atomic mass is 127. The Morgan fingerprint density at radius 2 is 2.09 bits per heavy atom. The molecule has 1 aromatic heterocycles. The van der Waals surface area contributed by atoms with Gasteiger partial charge in [-0.3, -0.25) is 9.59 Å². The molecular formula is C16H15IN2O2S. The van der Waals surface area contributed by atoms with Gasteiger partial charge in [0.1, 0.15) is 0 Å². The Morgan fingerprint density at radius 3 is 2.91 bits per heavy atom. The molecule has 0 spiro atoms. The standard InChI is InChI=1S/C16H15IN2O2S/c17-13-4-2-1-3-12(13)16(21)18-9-15(20)19-7-5-14-11(10-19)6-8-22-14/h1-4,6,8H,5,7,9-10H2,(H,18,21). The average molecular weight is 426 g/mol. The van der Waals surface area contributed by atoms with Gasteiger partial charge in [0.25, 0.3) is 5.91 Å². The summed E-state index contributed by atoms with van der Waals surface area (Å²) in [6.07, 6.45) is 0.906. The summed E-state index contributed by atoms with van der Waals surface area (Å²) in [5.74, 6) is -0.234. The van der Waals surface area contributed by atoms with E-state index >= 15 is 0 Å². The van der Waals surface area contributed by atoms with Gasteiger partial charge in [-0.25, -0.2) is 0 Å². The normalized spacial score (nSPS) is 13.6. The summed E-state index contributed by atoms with van der Waals surface area (Å²) < 4.78 is 0.880. The smallest absolute Gasteiger partial charge is 0.252 e.